The summed E-state index contributed by atoms with van der Waals surface area (Å²) in [5.41, 5.74) is 6.89. The van der Waals surface area contributed by atoms with Gasteiger partial charge < -0.3 is 21.1 Å². The van der Waals surface area contributed by atoms with Gasteiger partial charge >= 0.3 is 5.97 Å². The highest BCUT2D eigenvalue weighted by Gasteiger charge is 2.26. The second-order valence-electron chi connectivity index (χ2n) is 9.58. The number of carboxylic acids is 1. The number of carboxylic acid groups (broad SMARTS) is 1. The molecule has 1 saturated heterocycles. The first-order valence-corrected chi connectivity index (χ1v) is 13.5. The lowest BCUT2D eigenvalue weighted by molar-refractivity contribution is -0.142. The number of aromatic nitrogens is 2. The minimum atomic E-state index is -0.708. The first-order chi connectivity index (χ1) is 16.1. The molecule has 7 nitrogen and oxygen atoms in total. The lowest BCUT2D eigenvalue weighted by atomic mass is 9.97. The van der Waals surface area contributed by atoms with Crippen molar-refractivity contribution in [3.05, 3.63) is 6.33 Å². The van der Waals surface area contributed by atoms with E-state index in [9.17, 15) is 9.90 Å². The van der Waals surface area contributed by atoms with Crippen molar-refractivity contribution in [2.45, 2.75) is 110 Å². The molecule has 2 rings (SSSR count). The van der Waals surface area contributed by atoms with Crippen LogP contribution in [0.1, 0.15) is 110 Å². The van der Waals surface area contributed by atoms with Crippen LogP contribution < -0.4 is 16.0 Å². The van der Waals surface area contributed by atoms with Crippen LogP contribution in [0.5, 0.6) is 0 Å². The molecule has 4 N–H and O–H groups in total. The average Bonchev–Trinajstić information content (AvgIpc) is 2.82. The van der Waals surface area contributed by atoms with Gasteiger partial charge in [0.05, 0.1) is 5.92 Å². The van der Waals surface area contributed by atoms with Crippen molar-refractivity contribution in [2.75, 3.05) is 35.6 Å². The summed E-state index contributed by atoms with van der Waals surface area (Å²) in [4.78, 5) is 21.9. The van der Waals surface area contributed by atoms with Gasteiger partial charge in [0.25, 0.3) is 0 Å². The maximum atomic E-state index is 11.2. The third kappa shape index (κ3) is 10.6. The number of hydrogen-bond donors (Lipinski definition) is 3. The molecule has 0 amide bonds. The average molecular weight is 462 g/mol. The summed E-state index contributed by atoms with van der Waals surface area (Å²) in [6, 6.07) is 0. The molecule has 1 aromatic rings. The molecule has 33 heavy (non-hydrogen) atoms. The number of anilines is 3. The molecule has 2 heterocycles. The third-order valence-corrected chi connectivity index (χ3v) is 6.83. The van der Waals surface area contributed by atoms with E-state index in [0.717, 1.165) is 18.8 Å². The van der Waals surface area contributed by atoms with Crippen molar-refractivity contribution in [3.8, 4) is 0 Å². The largest absolute Gasteiger partial charge is 0.481 e. The predicted molar refractivity (Wildman–Crippen MR) is 138 cm³/mol. The first-order valence-electron chi connectivity index (χ1n) is 13.5. The van der Waals surface area contributed by atoms with E-state index in [-0.39, 0.29) is 5.92 Å². The van der Waals surface area contributed by atoms with E-state index in [1.807, 2.05) is 0 Å². The molecule has 1 fully saturated rings. The molecule has 1 aliphatic rings. The summed E-state index contributed by atoms with van der Waals surface area (Å²) in [5.74, 6) is 0.440. The Morgan fingerprint density at radius 2 is 1.45 bits per heavy atom. The minimum absolute atomic E-state index is 0.262. The number of nitrogens with one attached hydrogen (secondary N) is 1. The van der Waals surface area contributed by atoms with Gasteiger partial charge in [-0.1, -0.05) is 90.4 Å². The van der Waals surface area contributed by atoms with Crippen molar-refractivity contribution in [1.82, 2.24) is 9.97 Å². The van der Waals surface area contributed by atoms with Crippen molar-refractivity contribution < 1.29 is 9.90 Å². The number of nitrogen functional groups attached to an aromatic ring is 1. The standard InChI is InChI=1S/C26H47N5O2/c1-2-3-4-5-6-7-8-9-10-11-12-13-14-15-18-28-24-23(27)25(30-21-29-24)31-19-16-22(17-20-31)26(32)33/h21-22H,2-20,27H2,1H3,(H,32,33)(H,28,29,30). The van der Waals surface area contributed by atoms with Crippen LogP contribution in [0.3, 0.4) is 0 Å². The third-order valence-electron chi connectivity index (χ3n) is 6.83. The Hall–Kier alpha value is -2.05. The van der Waals surface area contributed by atoms with Crippen LogP contribution >= 0.6 is 0 Å². The molecule has 0 radical (unpaired) electrons. The highest BCUT2D eigenvalue weighted by Crippen LogP contribution is 2.29. The van der Waals surface area contributed by atoms with Crippen molar-refractivity contribution in [1.29, 1.82) is 0 Å². The van der Waals surface area contributed by atoms with E-state index in [1.54, 1.807) is 6.33 Å². The van der Waals surface area contributed by atoms with Gasteiger partial charge in [0.2, 0.25) is 0 Å². The fraction of sp³-hybridized carbons (Fsp3) is 0.808. The Morgan fingerprint density at radius 1 is 0.939 bits per heavy atom. The van der Waals surface area contributed by atoms with Crippen LogP contribution in [0.25, 0.3) is 0 Å². The zero-order valence-electron chi connectivity index (χ0n) is 20.9. The lowest BCUT2D eigenvalue weighted by Gasteiger charge is -2.31. The lowest BCUT2D eigenvalue weighted by Crippen LogP contribution is -2.37. The number of aliphatic carboxylic acids is 1. The van der Waals surface area contributed by atoms with Crippen molar-refractivity contribution in [2.24, 2.45) is 5.92 Å². The molecule has 0 spiro atoms. The number of hydrogen-bond acceptors (Lipinski definition) is 6. The van der Waals surface area contributed by atoms with Crippen LogP contribution in [0.15, 0.2) is 6.33 Å². The van der Waals surface area contributed by atoms with Gasteiger partial charge in [0.1, 0.15) is 12.0 Å². The summed E-state index contributed by atoms with van der Waals surface area (Å²) in [7, 11) is 0. The Kier molecular flexibility index (Phi) is 13.6. The normalized spacial score (nSPS) is 14.5. The monoisotopic (exact) mass is 461 g/mol. The van der Waals surface area contributed by atoms with Gasteiger partial charge in [-0.3, -0.25) is 4.79 Å². The molecule has 0 bridgehead atoms. The minimum Gasteiger partial charge on any atom is -0.481 e. The SMILES string of the molecule is CCCCCCCCCCCCCCCCNc1ncnc(N2CCC(C(=O)O)CC2)c1N. The number of rotatable bonds is 18. The summed E-state index contributed by atoms with van der Waals surface area (Å²) in [6.45, 7) is 4.46. The fourth-order valence-electron chi connectivity index (χ4n) is 4.64. The molecule has 7 heteroatoms. The maximum absolute atomic E-state index is 11.2. The summed E-state index contributed by atoms with van der Waals surface area (Å²) >= 11 is 0. The maximum Gasteiger partial charge on any atom is 0.306 e. The number of nitrogens with two attached hydrogens (primary N) is 1. The fourth-order valence-corrected chi connectivity index (χ4v) is 4.64. The van der Waals surface area contributed by atoms with E-state index in [0.29, 0.717) is 37.4 Å². The van der Waals surface area contributed by atoms with E-state index in [4.69, 9.17) is 5.73 Å². The predicted octanol–water partition coefficient (Wildman–Crippen LogP) is 6.25. The van der Waals surface area contributed by atoms with Crippen LogP contribution in [0.2, 0.25) is 0 Å². The molecular weight excluding hydrogens is 414 g/mol. The van der Waals surface area contributed by atoms with E-state index < -0.39 is 5.97 Å². The highest BCUT2D eigenvalue weighted by atomic mass is 16.4. The number of unbranched alkanes of at least 4 members (excludes halogenated alkanes) is 13. The quantitative estimate of drug-likeness (QED) is 0.222. The van der Waals surface area contributed by atoms with Crippen molar-refractivity contribution in [3.63, 3.8) is 0 Å². The van der Waals surface area contributed by atoms with E-state index in [1.165, 1.54) is 83.5 Å². The summed E-state index contributed by atoms with van der Waals surface area (Å²) in [6.07, 6.45) is 21.8. The molecule has 0 aliphatic carbocycles. The number of nitrogens with zero attached hydrogens (tertiary/aromatic N) is 3. The summed E-state index contributed by atoms with van der Waals surface area (Å²) < 4.78 is 0. The van der Waals surface area contributed by atoms with Crippen LogP contribution in [0, 0.1) is 5.92 Å². The Morgan fingerprint density at radius 3 is 1.97 bits per heavy atom. The molecule has 0 atom stereocenters. The van der Waals surface area contributed by atoms with Gasteiger partial charge in [-0.2, -0.15) is 0 Å². The summed E-state index contributed by atoms with van der Waals surface area (Å²) in [5, 5.41) is 12.5. The smallest absolute Gasteiger partial charge is 0.306 e. The van der Waals surface area contributed by atoms with Crippen LogP contribution in [-0.2, 0) is 4.79 Å². The Labute approximate surface area is 200 Å². The van der Waals surface area contributed by atoms with Gasteiger partial charge in [0.15, 0.2) is 11.6 Å². The van der Waals surface area contributed by atoms with Crippen molar-refractivity contribution >= 4 is 23.3 Å². The van der Waals surface area contributed by atoms with Gasteiger partial charge in [-0.05, 0) is 19.3 Å². The number of carbonyl (C=O) groups is 1. The molecule has 0 aromatic carbocycles. The molecular formula is C26H47N5O2. The van der Waals surface area contributed by atoms with E-state index >= 15 is 0 Å². The number of piperidine rings is 1. The molecule has 1 aliphatic heterocycles. The zero-order valence-corrected chi connectivity index (χ0v) is 20.9. The first kappa shape index (κ1) is 27.2. The van der Waals surface area contributed by atoms with Gasteiger partial charge in [-0.15, -0.1) is 0 Å². The highest BCUT2D eigenvalue weighted by molar-refractivity contribution is 5.75. The van der Waals surface area contributed by atoms with E-state index in [2.05, 4.69) is 27.1 Å². The van der Waals surface area contributed by atoms with Gasteiger partial charge in [0, 0.05) is 19.6 Å². The Balaban J connectivity index is 1.51. The molecule has 1 aromatic heterocycles. The topological polar surface area (TPSA) is 104 Å². The van der Waals surface area contributed by atoms with Crippen LogP contribution in [0.4, 0.5) is 17.3 Å². The second-order valence-corrected chi connectivity index (χ2v) is 9.58. The molecule has 0 unspecified atom stereocenters. The molecule has 0 saturated carbocycles. The second kappa shape index (κ2) is 16.5. The Bertz CT molecular complexity index is 662. The zero-order chi connectivity index (χ0) is 23.7. The molecule has 188 valence electrons. The van der Waals surface area contributed by atoms with Crippen LogP contribution in [-0.4, -0.2) is 40.7 Å². The van der Waals surface area contributed by atoms with Gasteiger partial charge in [-0.25, -0.2) is 9.97 Å².